The summed E-state index contributed by atoms with van der Waals surface area (Å²) in [7, 11) is 0. The standard InChI is InChI=1S/C17H34N2O/c1-4-17(11-9-12-18-14-17)16(20)19-13-8-6-5-7-10-15(2)3/h15,18H,4-14H2,1-3H3,(H,19,20). The van der Waals surface area contributed by atoms with Crippen LogP contribution in [0.3, 0.4) is 0 Å². The van der Waals surface area contributed by atoms with Crippen molar-refractivity contribution >= 4 is 5.91 Å². The van der Waals surface area contributed by atoms with Gasteiger partial charge in [-0.3, -0.25) is 4.79 Å². The molecule has 1 unspecified atom stereocenters. The number of piperidine rings is 1. The van der Waals surface area contributed by atoms with Crippen LogP contribution >= 0.6 is 0 Å². The number of carbonyl (C=O) groups excluding carboxylic acids is 1. The molecular weight excluding hydrogens is 248 g/mol. The topological polar surface area (TPSA) is 41.1 Å². The van der Waals surface area contributed by atoms with E-state index < -0.39 is 0 Å². The number of rotatable bonds is 9. The summed E-state index contributed by atoms with van der Waals surface area (Å²) in [4.78, 5) is 12.4. The molecule has 1 aliphatic heterocycles. The van der Waals surface area contributed by atoms with Crippen molar-refractivity contribution in [2.75, 3.05) is 19.6 Å². The second-order valence-corrected chi connectivity index (χ2v) is 6.77. The highest BCUT2D eigenvalue weighted by atomic mass is 16.2. The summed E-state index contributed by atoms with van der Waals surface area (Å²) in [6, 6.07) is 0. The quantitative estimate of drug-likeness (QED) is 0.636. The summed E-state index contributed by atoms with van der Waals surface area (Å²) >= 11 is 0. The Morgan fingerprint density at radius 3 is 2.60 bits per heavy atom. The first kappa shape index (κ1) is 17.5. The van der Waals surface area contributed by atoms with Crippen LogP contribution < -0.4 is 10.6 Å². The Kier molecular flexibility index (Phi) is 8.20. The third kappa shape index (κ3) is 5.82. The van der Waals surface area contributed by atoms with Crippen LogP contribution in [0.4, 0.5) is 0 Å². The summed E-state index contributed by atoms with van der Waals surface area (Å²) < 4.78 is 0. The van der Waals surface area contributed by atoms with E-state index >= 15 is 0 Å². The molecule has 1 saturated heterocycles. The molecule has 1 aliphatic rings. The smallest absolute Gasteiger partial charge is 0.227 e. The van der Waals surface area contributed by atoms with E-state index in [1.54, 1.807) is 0 Å². The monoisotopic (exact) mass is 282 g/mol. The molecule has 1 heterocycles. The van der Waals surface area contributed by atoms with Gasteiger partial charge in [0, 0.05) is 13.1 Å². The van der Waals surface area contributed by atoms with E-state index in [0.29, 0.717) is 0 Å². The van der Waals surface area contributed by atoms with Crippen molar-refractivity contribution in [3.8, 4) is 0 Å². The van der Waals surface area contributed by atoms with Crippen LogP contribution in [0.5, 0.6) is 0 Å². The molecule has 0 aromatic rings. The molecule has 0 radical (unpaired) electrons. The van der Waals surface area contributed by atoms with Crippen LogP contribution in [-0.4, -0.2) is 25.5 Å². The largest absolute Gasteiger partial charge is 0.356 e. The molecule has 0 bridgehead atoms. The van der Waals surface area contributed by atoms with Crippen LogP contribution in [0.25, 0.3) is 0 Å². The van der Waals surface area contributed by atoms with Gasteiger partial charge in [0.25, 0.3) is 0 Å². The lowest BCUT2D eigenvalue weighted by Gasteiger charge is -2.35. The van der Waals surface area contributed by atoms with Gasteiger partial charge >= 0.3 is 0 Å². The highest BCUT2D eigenvalue weighted by molar-refractivity contribution is 5.82. The molecule has 0 saturated carbocycles. The fourth-order valence-electron chi connectivity index (χ4n) is 3.04. The zero-order valence-electron chi connectivity index (χ0n) is 13.8. The van der Waals surface area contributed by atoms with Crippen molar-refractivity contribution in [1.82, 2.24) is 10.6 Å². The maximum atomic E-state index is 12.4. The van der Waals surface area contributed by atoms with Crippen molar-refractivity contribution in [3.05, 3.63) is 0 Å². The van der Waals surface area contributed by atoms with Gasteiger partial charge in [0.1, 0.15) is 0 Å². The van der Waals surface area contributed by atoms with Gasteiger partial charge in [-0.2, -0.15) is 0 Å². The van der Waals surface area contributed by atoms with Gasteiger partial charge in [-0.15, -0.1) is 0 Å². The molecule has 118 valence electrons. The Balaban J connectivity index is 2.12. The zero-order chi connectivity index (χ0) is 14.8. The van der Waals surface area contributed by atoms with Crippen LogP contribution in [0.1, 0.15) is 72.1 Å². The van der Waals surface area contributed by atoms with Crippen LogP contribution in [-0.2, 0) is 4.79 Å². The summed E-state index contributed by atoms with van der Waals surface area (Å²) in [5.41, 5.74) is -0.143. The van der Waals surface area contributed by atoms with E-state index in [-0.39, 0.29) is 11.3 Å². The molecule has 1 fully saturated rings. The Morgan fingerprint density at radius 1 is 1.25 bits per heavy atom. The van der Waals surface area contributed by atoms with E-state index in [1.165, 1.54) is 25.7 Å². The first-order valence-corrected chi connectivity index (χ1v) is 8.60. The van der Waals surface area contributed by atoms with Gasteiger partial charge in [0.2, 0.25) is 5.91 Å². The van der Waals surface area contributed by atoms with Crippen molar-refractivity contribution < 1.29 is 4.79 Å². The summed E-state index contributed by atoms with van der Waals surface area (Å²) in [5, 5.41) is 6.54. The lowest BCUT2D eigenvalue weighted by molar-refractivity contribution is -0.132. The highest BCUT2D eigenvalue weighted by Gasteiger charge is 2.37. The van der Waals surface area contributed by atoms with Crippen molar-refractivity contribution in [1.29, 1.82) is 0 Å². The Labute approximate surface area is 125 Å². The molecule has 0 aliphatic carbocycles. The van der Waals surface area contributed by atoms with Gasteiger partial charge in [0.05, 0.1) is 5.41 Å². The number of hydrogen-bond acceptors (Lipinski definition) is 2. The number of unbranched alkanes of at least 4 members (excludes halogenated alkanes) is 3. The molecule has 0 spiro atoms. The molecule has 3 nitrogen and oxygen atoms in total. The molecule has 0 aromatic carbocycles. The first-order valence-electron chi connectivity index (χ1n) is 8.60. The molecule has 3 heteroatoms. The van der Waals surface area contributed by atoms with E-state index in [2.05, 4.69) is 31.4 Å². The molecule has 2 N–H and O–H groups in total. The predicted molar refractivity (Wildman–Crippen MR) is 85.8 cm³/mol. The molecule has 1 rings (SSSR count). The lowest BCUT2D eigenvalue weighted by atomic mass is 9.77. The summed E-state index contributed by atoms with van der Waals surface area (Å²) in [6.07, 6.45) is 9.43. The van der Waals surface area contributed by atoms with Crippen LogP contribution in [0.15, 0.2) is 0 Å². The fraction of sp³-hybridized carbons (Fsp3) is 0.941. The Bertz CT molecular complexity index is 270. The molecule has 20 heavy (non-hydrogen) atoms. The number of carbonyl (C=O) groups is 1. The average molecular weight is 282 g/mol. The lowest BCUT2D eigenvalue weighted by Crippen LogP contribution is -2.50. The fourth-order valence-corrected chi connectivity index (χ4v) is 3.04. The normalized spacial score (nSPS) is 23.0. The summed E-state index contributed by atoms with van der Waals surface area (Å²) in [6.45, 7) is 9.46. The van der Waals surface area contributed by atoms with E-state index in [9.17, 15) is 4.79 Å². The zero-order valence-corrected chi connectivity index (χ0v) is 13.8. The van der Waals surface area contributed by atoms with Gasteiger partial charge < -0.3 is 10.6 Å². The SMILES string of the molecule is CCC1(C(=O)NCCCCCCC(C)C)CCCNC1. The third-order valence-corrected chi connectivity index (χ3v) is 4.62. The van der Waals surface area contributed by atoms with E-state index in [4.69, 9.17) is 0 Å². The van der Waals surface area contributed by atoms with Crippen LogP contribution in [0.2, 0.25) is 0 Å². The minimum absolute atomic E-state index is 0.143. The van der Waals surface area contributed by atoms with Crippen molar-refractivity contribution in [2.45, 2.75) is 72.1 Å². The maximum Gasteiger partial charge on any atom is 0.227 e. The van der Waals surface area contributed by atoms with Crippen molar-refractivity contribution in [3.63, 3.8) is 0 Å². The van der Waals surface area contributed by atoms with Crippen molar-refractivity contribution in [2.24, 2.45) is 11.3 Å². The molecular formula is C17H34N2O. The second kappa shape index (κ2) is 9.38. The first-order chi connectivity index (χ1) is 9.60. The number of nitrogens with one attached hydrogen (secondary N) is 2. The Hall–Kier alpha value is -0.570. The third-order valence-electron chi connectivity index (χ3n) is 4.62. The second-order valence-electron chi connectivity index (χ2n) is 6.77. The molecule has 0 aromatic heterocycles. The van der Waals surface area contributed by atoms with Gasteiger partial charge in [0.15, 0.2) is 0 Å². The average Bonchev–Trinajstić information content (AvgIpc) is 2.46. The predicted octanol–water partition coefficient (Wildman–Crippen LogP) is 3.49. The minimum Gasteiger partial charge on any atom is -0.356 e. The van der Waals surface area contributed by atoms with Gasteiger partial charge in [-0.25, -0.2) is 0 Å². The number of amides is 1. The van der Waals surface area contributed by atoms with E-state index in [1.807, 2.05) is 0 Å². The Morgan fingerprint density at radius 2 is 2.00 bits per heavy atom. The number of hydrogen-bond donors (Lipinski definition) is 2. The minimum atomic E-state index is -0.143. The van der Waals surface area contributed by atoms with Crippen LogP contribution in [0, 0.1) is 11.3 Å². The highest BCUT2D eigenvalue weighted by Crippen LogP contribution is 2.30. The van der Waals surface area contributed by atoms with E-state index in [0.717, 1.165) is 51.2 Å². The maximum absolute atomic E-state index is 12.4. The van der Waals surface area contributed by atoms with Gasteiger partial charge in [-0.05, 0) is 38.1 Å². The molecule has 1 atom stereocenters. The summed E-state index contributed by atoms with van der Waals surface area (Å²) in [5.74, 6) is 1.09. The van der Waals surface area contributed by atoms with Gasteiger partial charge in [-0.1, -0.05) is 46.5 Å². The molecule has 1 amide bonds.